The van der Waals surface area contributed by atoms with Crippen LogP contribution in [0.25, 0.3) is 11.3 Å². The molecule has 4 N–H and O–H groups in total. The number of nitrogens with two attached hydrogens (primary N) is 1. The third-order valence-electron chi connectivity index (χ3n) is 4.58. The minimum absolute atomic E-state index is 0.0571. The summed E-state index contributed by atoms with van der Waals surface area (Å²) >= 11 is 0. The number of aromatic nitrogens is 3. The van der Waals surface area contributed by atoms with E-state index in [1.54, 1.807) is 17.0 Å². The average Bonchev–Trinajstić information content (AvgIpc) is 2.68. The van der Waals surface area contributed by atoms with Gasteiger partial charge in [-0.3, -0.25) is 20.0 Å². The highest BCUT2D eigenvalue weighted by Gasteiger charge is 2.26. The summed E-state index contributed by atoms with van der Waals surface area (Å²) in [5.74, 6) is -0.896. The van der Waals surface area contributed by atoms with E-state index in [2.05, 4.69) is 15.0 Å². The number of rotatable bonds is 5. The van der Waals surface area contributed by atoms with Gasteiger partial charge in [0.25, 0.3) is 5.91 Å². The molecule has 1 fully saturated rings. The van der Waals surface area contributed by atoms with Crippen molar-refractivity contribution in [2.75, 3.05) is 13.1 Å². The maximum absolute atomic E-state index is 12.5. The molecule has 0 aliphatic carbocycles. The number of amides is 1. The molecular formula is C18H20N6O3. The van der Waals surface area contributed by atoms with Crippen LogP contribution < -0.4 is 5.73 Å². The molecule has 0 spiro atoms. The third kappa shape index (κ3) is 4.43. The van der Waals surface area contributed by atoms with Gasteiger partial charge in [0.15, 0.2) is 0 Å². The Morgan fingerprint density at radius 2 is 1.81 bits per heavy atom. The first-order chi connectivity index (χ1) is 12.9. The van der Waals surface area contributed by atoms with Gasteiger partial charge in [0.2, 0.25) is 5.82 Å². The van der Waals surface area contributed by atoms with Gasteiger partial charge in [0.1, 0.15) is 5.84 Å². The van der Waals surface area contributed by atoms with E-state index in [9.17, 15) is 9.59 Å². The first-order valence-electron chi connectivity index (χ1n) is 8.58. The lowest BCUT2D eigenvalue weighted by molar-refractivity contribution is -0.138. The molecule has 3 heterocycles. The van der Waals surface area contributed by atoms with Crippen molar-refractivity contribution < 1.29 is 14.7 Å². The van der Waals surface area contributed by atoms with E-state index in [-0.39, 0.29) is 29.9 Å². The molecule has 1 aliphatic heterocycles. The minimum atomic E-state index is -0.802. The van der Waals surface area contributed by atoms with Gasteiger partial charge in [-0.2, -0.15) is 0 Å². The smallest absolute Gasteiger partial charge is 0.303 e. The van der Waals surface area contributed by atoms with Crippen LogP contribution in [-0.2, 0) is 4.79 Å². The molecule has 0 atom stereocenters. The zero-order valence-corrected chi connectivity index (χ0v) is 14.6. The summed E-state index contributed by atoms with van der Waals surface area (Å²) in [6, 6.07) is 3.40. The highest BCUT2D eigenvalue weighted by Crippen LogP contribution is 2.21. The number of carbonyl (C=O) groups excluding carboxylic acids is 1. The molecule has 0 unspecified atom stereocenters. The number of amidine groups is 1. The molecular weight excluding hydrogens is 348 g/mol. The number of hydrogen-bond acceptors (Lipinski definition) is 6. The molecule has 0 radical (unpaired) electrons. The van der Waals surface area contributed by atoms with Crippen molar-refractivity contribution in [3.63, 3.8) is 0 Å². The number of nitrogens with zero attached hydrogens (tertiary/aromatic N) is 4. The van der Waals surface area contributed by atoms with Crippen LogP contribution in [0.2, 0.25) is 0 Å². The molecule has 9 nitrogen and oxygen atoms in total. The van der Waals surface area contributed by atoms with Gasteiger partial charge in [-0.15, -0.1) is 0 Å². The number of nitrogens with one attached hydrogen (secondary N) is 1. The first-order valence-corrected chi connectivity index (χ1v) is 8.58. The van der Waals surface area contributed by atoms with Crippen molar-refractivity contribution in [3.05, 3.63) is 42.1 Å². The number of carboxylic acid groups (broad SMARTS) is 1. The van der Waals surface area contributed by atoms with Crippen LogP contribution in [0.3, 0.4) is 0 Å². The monoisotopic (exact) mass is 368 g/mol. The van der Waals surface area contributed by atoms with Crippen molar-refractivity contribution in [1.29, 1.82) is 5.41 Å². The van der Waals surface area contributed by atoms with Crippen LogP contribution in [0.15, 0.2) is 30.7 Å². The fourth-order valence-electron chi connectivity index (χ4n) is 3.02. The number of piperidine rings is 1. The zero-order chi connectivity index (χ0) is 19.4. The van der Waals surface area contributed by atoms with Gasteiger partial charge < -0.3 is 15.7 Å². The van der Waals surface area contributed by atoms with Crippen molar-refractivity contribution in [2.45, 2.75) is 19.3 Å². The molecule has 0 aromatic carbocycles. The van der Waals surface area contributed by atoms with Crippen LogP contribution in [0.5, 0.6) is 0 Å². The topological polar surface area (TPSA) is 146 Å². The molecule has 0 saturated carbocycles. The lowest BCUT2D eigenvalue weighted by atomic mass is 9.93. The SMILES string of the molecule is N=C(N)c1ccc(-c2cnc(C(=O)N3CCC(CC(=O)O)CC3)nc2)nc1. The third-order valence-corrected chi connectivity index (χ3v) is 4.58. The lowest BCUT2D eigenvalue weighted by Crippen LogP contribution is -2.39. The van der Waals surface area contributed by atoms with Crippen LogP contribution in [0.1, 0.15) is 35.4 Å². The molecule has 1 saturated heterocycles. The van der Waals surface area contributed by atoms with E-state index in [4.69, 9.17) is 16.2 Å². The molecule has 3 rings (SSSR count). The molecule has 9 heteroatoms. The number of pyridine rings is 1. The number of carbonyl (C=O) groups is 2. The Morgan fingerprint density at radius 3 is 2.33 bits per heavy atom. The Bertz CT molecular complexity index is 842. The van der Waals surface area contributed by atoms with Crippen molar-refractivity contribution in [1.82, 2.24) is 19.9 Å². The number of carboxylic acids is 1. The van der Waals surface area contributed by atoms with E-state index < -0.39 is 5.97 Å². The lowest BCUT2D eigenvalue weighted by Gasteiger charge is -2.30. The van der Waals surface area contributed by atoms with E-state index >= 15 is 0 Å². The number of hydrogen-bond donors (Lipinski definition) is 3. The number of aliphatic carboxylic acids is 1. The van der Waals surface area contributed by atoms with Gasteiger partial charge >= 0.3 is 5.97 Å². The Balaban J connectivity index is 1.64. The highest BCUT2D eigenvalue weighted by atomic mass is 16.4. The molecule has 2 aromatic rings. The molecule has 0 bridgehead atoms. The fraction of sp³-hybridized carbons (Fsp3) is 0.333. The van der Waals surface area contributed by atoms with Crippen molar-refractivity contribution >= 4 is 17.7 Å². The van der Waals surface area contributed by atoms with Crippen LogP contribution in [-0.4, -0.2) is 55.8 Å². The maximum Gasteiger partial charge on any atom is 0.303 e. The minimum Gasteiger partial charge on any atom is -0.481 e. The molecule has 140 valence electrons. The maximum atomic E-state index is 12.5. The second kappa shape index (κ2) is 7.90. The normalized spacial score (nSPS) is 14.7. The molecule has 1 aliphatic rings. The Labute approximate surface area is 155 Å². The number of nitrogen functional groups attached to an aromatic ring is 1. The summed E-state index contributed by atoms with van der Waals surface area (Å²) in [6.07, 6.45) is 6.05. The Hall–Kier alpha value is -3.36. The summed E-state index contributed by atoms with van der Waals surface area (Å²) in [5.41, 5.74) is 7.21. The van der Waals surface area contributed by atoms with Gasteiger partial charge in [-0.05, 0) is 30.9 Å². The predicted octanol–water partition coefficient (Wildman–Crippen LogP) is 1.15. The van der Waals surface area contributed by atoms with Gasteiger partial charge in [-0.25, -0.2) is 9.97 Å². The summed E-state index contributed by atoms with van der Waals surface area (Å²) in [7, 11) is 0. The quantitative estimate of drug-likeness (QED) is 0.530. The Kier molecular flexibility index (Phi) is 5.39. The summed E-state index contributed by atoms with van der Waals surface area (Å²) in [5, 5.41) is 16.2. The standard InChI is InChI=1S/C18H20N6O3/c19-16(20)12-1-2-14(21-8-12)13-9-22-17(23-10-13)18(27)24-5-3-11(4-6-24)7-15(25)26/h1-2,8-11H,3-7H2,(H3,19,20)(H,25,26). The Morgan fingerprint density at radius 1 is 1.15 bits per heavy atom. The van der Waals surface area contributed by atoms with Crippen molar-refractivity contribution in [3.8, 4) is 11.3 Å². The van der Waals surface area contributed by atoms with E-state index in [0.29, 0.717) is 42.8 Å². The van der Waals surface area contributed by atoms with Crippen LogP contribution >= 0.6 is 0 Å². The van der Waals surface area contributed by atoms with Crippen LogP contribution in [0, 0.1) is 11.3 Å². The zero-order valence-electron chi connectivity index (χ0n) is 14.6. The van der Waals surface area contributed by atoms with Crippen molar-refractivity contribution in [2.24, 2.45) is 11.7 Å². The largest absolute Gasteiger partial charge is 0.481 e. The van der Waals surface area contributed by atoms with Gasteiger partial charge in [-0.1, -0.05) is 0 Å². The first kappa shape index (κ1) is 18.4. The van der Waals surface area contributed by atoms with Gasteiger partial charge in [0, 0.05) is 49.2 Å². The predicted molar refractivity (Wildman–Crippen MR) is 97.2 cm³/mol. The van der Waals surface area contributed by atoms with Gasteiger partial charge in [0.05, 0.1) is 5.69 Å². The molecule has 27 heavy (non-hydrogen) atoms. The van der Waals surface area contributed by atoms with Crippen LogP contribution in [0.4, 0.5) is 0 Å². The summed E-state index contributed by atoms with van der Waals surface area (Å²) in [4.78, 5) is 37.5. The van der Waals surface area contributed by atoms with E-state index in [1.807, 2.05) is 0 Å². The molecule has 1 amide bonds. The summed E-state index contributed by atoms with van der Waals surface area (Å²) in [6.45, 7) is 1.02. The highest BCUT2D eigenvalue weighted by molar-refractivity contribution is 5.94. The average molecular weight is 368 g/mol. The fourth-order valence-corrected chi connectivity index (χ4v) is 3.02. The second-order valence-corrected chi connectivity index (χ2v) is 6.47. The second-order valence-electron chi connectivity index (χ2n) is 6.47. The number of likely N-dealkylation sites (tertiary alicyclic amines) is 1. The van der Waals surface area contributed by atoms with E-state index in [1.165, 1.54) is 18.6 Å². The summed E-state index contributed by atoms with van der Waals surface area (Å²) < 4.78 is 0. The van der Waals surface area contributed by atoms with E-state index in [0.717, 1.165) is 0 Å². The molecule has 2 aromatic heterocycles.